The molecule has 0 spiro atoms. The molecule has 0 aliphatic carbocycles. The zero-order valence-corrected chi connectivity index (χ0v) is 10.3. The van der Waals surface area contributed by atoms with E-state index in [0.717, 1.165) is 0 Å². The Morgan fingerprint density at radius 2 is 2.16 bits per heavy atom. The van der Waals surface area contributed by atoms with Gasteiger partial charge in [0.2, 0.25) is 5.91 Å². The molecule has 4 amide bonds. The third kappa shape index (κ3) is 4.54. The molecule has 0 aromatic rings. The lowest BCUT2D eigenvalue weighted by Crippen LogP contribution is -2.59. The summed E-state index contributed by atoms with van der Waals surface area (Å²) in [7, 11) is 0. The smallest absolute Gasteiger partial charge is 0.329 e. The number of rotatable bonds is 4. The maximum atomic E-state index is 11.7. The molecule has 0 bridgehead atoms. The molecule has 0 radical (unpaired) electrons. The summed E-state index contributed by atoms with van der Waals surface area (Å²) in [5.41, 5.74) is 0. The summed E-state index contributed by atoms with van der Waals surface area (Å²) in [5, 5.41) is 12.9. The van der Waals surface area contributed by atoms with Crippen molar-refractivity contribution >= 4 is 23.8 Å². The third-order valence-electron chi connectivity index (χ3n) is 2.46. The molecule has 106 valence electrons. The van der Waals surface area contributed by atoms with E-state index in [-0.39, 0.29) is 5.91 Å². The number of imide groups is 1. The second kappa shape index (κ2) is 6.69. The number of carbonyl (C=O) groups is 4. The van der Waals surface area contributed by atoms with Crippen molar-refractivity contribution in [1.29, 1.82) is 0 Å². The molecule has 1 unspecified atom stereocenters. The van der Waals surface area contributed by atoms with E-state index >= 15 is 0 Å². The first-order valence-electron chi connectivity index (χ1n) is 5.59. The van der Waals surface area contributed by atoms with Crippen LogP contribution in [0.5, 0.6) is 0 Å². The van der Waals surface area contributed by atoms with Crippen LogP contribution < -0.4 is 10.6 Å². The fraction of sp³-hybridized carbons (Fsp3) is 0.600. The molecule has 1 fully saturated rings. The van der Waals surface area contributed by atoms with Gasteiger partial charge in [0.15, 0.2) is 0 Å². The number of carboxylic acid groups (broad SMARTS) is 1. The molecule has 0 aromatic carbocycles. The van der Waals surface area contributed by atoms with E-state index in [2.05, 4.69) is 10.1 Å². The number of ether oxygens (including phenoxy) is 1. The standard InChI is InChI=1S/C10H15N3O6/c1-6-9(17)11-2-3-13(6)10(18)12-7(14)4-19-5-8(15)16/h6H,2-5H2,1H3,(H,11,17)(H,15,16)(H,12,14,18). The number of urea groups is 1. The largest absolute Gasteiger partial charge is 0.480 e. The summed E-state index contributed by atoms with van der Waals surface area (Å²) in [6.07, 6.45) is 0. The minimum absolute atomic E-state index is 0.294. The molecule has 0 saturated carbocycles. The van der Waals surface area contributed by atoms with E-state index in [9.17, 15) is 19.2 Å². The van der Waals surface area contributed by atoms with Crippen LogP contribution in [0.15, 0.2) is 0 Å². The van der Waals surface area contributed by atoms with Crippen molar-refractivity contribution in [2.45, 2.75) is 13.0 Å². The topological polar surface area (TPSA) is 125 Å². The number of nitrogens with zero attached hydrogens (tertiary/aromatic N) is 1. The predicted molar refractivity (Wildman–Crippen MR) is 61.2 cm³/mol. The molecule has 1 saturated heterocycles. The van der Waals surface area contributed by atoms with Crippen LogP contribution in [-0.4, -0.2) is 66.2 Å². The Kier molecular flexibility index (Phi) is 5.24. The Hall–Kier alpha value is -2.16. The van der Waals surface area contributed by atoms with Gasteiger partial charge in [-0.1, -0.05) is 0 Å². The average molecular weight is 273 g/mol. The van der Waals surface area contributed by atoms with Gasteiger partial charge in [-0.3, -0.25) is 14.9 Å². The molecule has 3 N–H and O–H groups in total. The molecule has 1 heterocycles. The zero-order valence-electron chi connectivity index (χ0n) is 10.3. The number of hydrogen-bond donors (Lipinski definition) is 3. The molecule has 19 heavy (non-hydrogen) atoms. The maximum absolute atomic E-state index is 11.7. The first-order chi connectivity index (χ1) is 8.91. The monoisotopic (exact) mass is 273 g/mol. The molecule has 9 nitrogen and oxygen atoms in total. The van der Waals surface area contributed by atoms with Crippen molar-refractivity contribution in [3.8, 4) is 0 Å². The van der Waals surface area contributed by atoms with Gasteiger partial charge in [0.1, 0.15) is 19.3 Å². The van der Waals surface area contributed by atoms with Crippen molar-refractivity contribution in [2.24, 2.45) is 0 Å². The van der Waals surface area contributed by atoms with E-state index < -0.39 is 37.2 Å². The highest BCUT2D eigenvalue weighted by atomic mass is 16.5. The van der Waals surface area contributed by atoms with Gasteiger partial charge in [-0.25, -0.2) is 9.59 Å². The highest BCUT2D eigenvalue weighted by molar-refractivity contribution is 5.97. The predicted octanol–water partition coefficient (Wildman–Crippen LogP) is -1.86. The fourth-order valence-electron chi connectivity index (χ4n) is 1.52. The van der Waals surface area contributed by atoms with Crippen molar-refractivity contribution in [2.75, 3.05) is 26.3 Å². The van der Waals surface area contributed by atoms with Crippen LogP contribution in [0.2, 0.25) is 0 Å². The van der Waals surface area contributed by atoms with Crippen molar-refractivity contribution < 1.29 is 29.0 Å². The Morgan fingerprint density at radius 3 is 2.79 bits per heavy atom. The molecule has 9 heteroatoms. The van der Waals surface area contributed by atoms with Crippen molar-refractivity contribution in [3.05, 3.63) is 0 Å². The van der Waals surface area contributed by atoms with Crippen LogP contribution in [0.25, 0.3) is 0 Å². The lowest BCUT2D eigenvalue weighted by molar-refractivity contribution is -0.143. The number of nitrogens with one attached hydrogen (secondary N) is 2. The van der Waals surface area contributed by atoms with Gasteiger partial charge in [0.25, 0.3) is 5.91 Å². The summed E-state index contributed by atoms with van der Waals surface area (Å²) in [5.74, 6) is -2.26. The van der Waals surface area contributed by atoms with Gasteiger partial charge in [-0.2, -0.15) is 0 Å². The van der Waals surface area contributed by atoms with E-state index in [0.29, 0.717) is 13.1 Å². The lowest BCUT2D eigenvalue weighted by Gasteiger charge is -2.32. The van der Waals surface area contributed by atoms with E-state index in [1.165, 1.54) is 4.90 Å². The number of aliphatic carboxylic acids is 1. The molecular formula is C10H15N3O6. The minimum Gasteiger partial charge on any atom is -0.480 e. The van der Waals surface area contributed by atoms with Gasteiger partial charge in [-0.05, 0) is 6.92 Å². The maximum Gasteiger partial charge on any atom is 0.329 e. The summed E-state index contributed by atoms with van der Waals surface area (Å²) in [6.45, 7) is 0.998. The SMILES string of the molecule is CC1C(=O)NCCN1C(=O)NC(=O)COCC(=O)O. The second-order valence-corrected chi connectivity index (χ2v) is 3.90. The zero-order chi connectivity index (χ0) is 14.4. The number of hydrogen-bond acceptors (Lipinski definition) is 5. The highest BCUT2D eigenvalue weighted by Gasteiger charge is 2.29. The summed E-state index contributed by atoms with van der Waals surface area (Å²) in [4.78, 5) is 45.7. The van der Waals surface area contributed by atoms with Crippen LogP contribution in [0.3, 0.4) is 0 Å². The average Bonchev–Trinajstić information content (AvgIpc) is 2.31. The first kappa shape index (κ1) is 14.9. The number of amides is 4. The van der Waals surface area contributed by atoms with Gasteiger partial charge in [0.05, 0.1) is 0 Å². The van der Waals surface area contributed by atoms with E-state index in [1.807, 2.05) is 5.32 Å². The van der Waals surface area contributed by atoms with Crippen LogP contribution in [-0.2, 0) is 19.1 Å². The van der Waals surface area contributed by atoms with E-state index in [4.69, 9.17) is 5.11 Å². The van der Waals surface area contributed by atoms with Gasteiger partial charge >= 0.3 is 12.0 Å². The summed E-state index contributed by atoms with van der Waals surface area (Å²) in [6, 6.07) is -1.37. The molecule has 0 aromatic heterocycles. The normalized spacial score (nSPS) is 18.7. The van der Waals surface area contributed by atoms with Crippen LogP contribution in [0.1, 0.15) is 6.92 Å². The van der Waals surface area contributed by atoms with E-state index in [1.54, 1.807) is 6.92 Å². The van der Waals surface area contributed by atoms with Crippen LogP contribution in [0, 0.1) is 0 Å². The first-order valence-corrected chi connectivity index (χ1v) is 5.59. The second-order valence-electron chi connectivity index (χ2n) is 3.90. The lowest BCUT2D eigenvalue weighted by atomic mass is 10.2. The number of carbonyl (C=O) groups excluding carboxylic acids is 3. The van der Waals surface area contributed by atoms with Crippen molar-refractivity contribution in [1.82, 2.24) is 15.5 Å². The Balaban J connectivity index is 2.39. The Labute approximate surface area is 108 Å². The molecule has 1 rings (SSSR count). The number of piperazine rings is 1. The van der Waals surface area contributed by atoms with Crippen LogP contribution >= 0.6 is 0 Å². The number of carboxylic acids is 1. The highest BCUT2D eigenvalue weighted by Crippen LogP contribution is 2.03. The van der Waals surface area contributed by atoms with Gasteiger partial charge in [-0.15, -0.1) is 0 Å². The third-order valence-corrected chi connectivity index (χ3v) is 2.46. The quantitative estimate of drug-likeness (QED) is 0.552. The molecular weight excluding hydrogens is 258 g/mol. The van der Waals surface area contributed by atoms with Crippen LogP contribution in [0.4, 0.5) is 4.79 Å². The van der Waals surface area contributed by atoms with Gasteiger partial charge in [0, 0.05) is 13.1 Å². The van der Waals surface area contributed by atoms with Gasteiger partial charge < -0.3 is 20.1 Å². The minimum atomic E-state index is -1.21. The fourth-order valence-corrected chi connectivity index (χ4v) is 1.52. The van der Waals surface area contributed by atoms with Crippen molar-refractivity contribution in [3.63, 3.8) is 0 Å². The molecule has 1 aliphatic heterocycles. The Bertz CT molecular complexity index is 397. The summed E-state index contributed by atoms with van der Waals surface area (Å²) < 4.78 is 4.53. The molecule has 1 atom stereocenters. The summed E-state index contributed by atoms with van der Waals surface area (Å²) >= 11 is 0. The Morgan fingerprint density at radius 1 is 1.47 bits per heavy atom. The molecule has 1 aliphatic rings.